The van der Waals surface area contributed by atoms with Crippen LogP contribution in [0.5, 0.6) is 0 Å². The average Bonchev–Trinajstić information content (AvgIpc) is 3.51. The van der Waals surface area contributed by atoms with Gasteiger partial charge in [-0.05, 0) is 43.0 Å². The lowest BCUT2D eigenvalue weighted by molar-refractivity contribution is -0.131. The Morgan fingerprint density at radius 3 is 2.31 bits per heavy atom. The van der Waals surface area contributed by atoms with Crippen molar-refractivity contribution in [3.63, 3.8) is 0 Å². The lowest BCUT2D eigenvalue weighted by atomic mass is 9.96. The number of benzene rings is 2. The summed E-state index contributed by atoms with van der Waals surface area (Å²) in [6, 6.07) is 13.6. The Kier molecular flexibility index (Phi) is 8.53. The van der Waals surface area contributed by atoms with Crippen molar-refractivity contribution >= 4 is 23.1 Å². The van der Waals surface area contributed by atoms with Crippen LogP contribution in [0, 0.1) is 5.41 Å². The lowest BCUT2D eigenvalue weighted by Crippen LogP contribution is -2.33. The number of ketones is 1. The molecule has 0 atom stereocenters. The number of hydrogen-bond acceptors (Lipinski definition) is 3. The second-order valence-electron chi connectivity index (χ2n) is 8.54. The molecule has 32 heavy (non-hydrogen) atoms. The first-order valence-electron chi connectivity index (χ1n) is 10.9. The molecule has 2 aromatic carbocycles. The maximum Gasteiger partial charge on any atom is 0.272 e. The molecule has 1 aliphatic carbocycles. The molecular formula is C26H34F2N2O2. The van der Waals surface area contributed by atoms with Crippen molar-refractivity contribution in [1.82, 2.24) is 5.32 Å². The summed E-state index contributed by atoms with van der Waals surface area (Å²) < 4.78 is 27.6. The summed E-state index contributed by atoms with van der Waals surface area (Å²) in [6.45, 7) is 3.29. The fourth-order valence-corrected chi connectivity index (χ4v) is 3.68. The second-order valence-corrected chi connectivity index (χ2v) is 8.54. The highest BCUT2D eigenvalue weighted by atomic mass is 19.3. The minimum Gasteiger partial charge on any atom is -0.355 e. The van der Waals surface area contributed by atoms with E-state index in [9.17, 15) is 18.4 Å². The van der Waals surface area contributed by atoms with Crippen molar-refractivity contribution in [1.29, 1.82) is 0 Å². The molecule has 3 rings (SSSR count). The number of hydrogen-bond donors (Lipinski definition) is 2. The van der Waals surface area contributed by atoms with Gasteiger partial charge in [0.15, 0.2) is 0 Å². The van der Waals surface area contributed by atoms with Crippen molar-refractivity contribution in [3.8, 4) is 0 Å². The van der Waals surface area contributed by atoms with Crippen LogP contribution in [0.3, 0.4) is 0 Å². The summed E-state index contributed by atoms with van der Waals surface area (Å²) in [4.78, 5) is 24.7. The van der Waals surface area contributed by atoms with Crippen LogP contribution in [-0.2, 0) is 22.1 Å². The van der Waals surface area contributed by atoms with E-state index in [1.165, 1.54) is 6.07 Å². The molecule has 0 aliphatic heterocycles. The van der Waals surface area contributed by atoms with Gasteiger partial charge in [-0.15, -0.1) is 0 Å². The fraction of sp³-hybridized carbons (Fsp3) is 0.462. The first-order valence-corrected chi connectivity index (χ1v) is 10.9. The second kappa shape index (κ2) is 10.7. The molecule has 1 fully saturated rings. The number of anilines is 2. The van der Waals surface area contributed by atoms with Gasteiger partial charge in [-0.3, -0.25) is 9.59 Å². The minimum absolute atomic E-state index is 0. The van der Waals surface area contributed by atoms with E-state index in [1.807, 2.05) is 19.1 Å². The van der Waals surface area contributed by atoms with E-state index < -0.39 is 11.3 Å². The minimum atomic E-state index is -2.94. The van der Waals surface area contributed by atoms with Crippen LogP contribution in [0.25, 0.3) is 0 Å². The van der Waals surface area contributed by atoms with Gasteiger partial charge in [-0.2, -0.15) is 0 Å². The normalized spacial score (nSPS) is 14.2. The molecule has 0 bridgehead atoms. The summed E-state index contributed by atoms with van der Waals surface area (Å²) in [7, 11) is 0. The number of alkyl halides is 2. The summed E-state index contributed by atoms with van der Waals surface area (Å²) in [5.41, 5.74) is 1.38. The van der Waals surface area contributed by atoms with E-state index in [2.05, 4.69) is 10.6 Å². The number of unbranched alkanes of at least 4 members (excludes halogenated alkanes) is 1. The molecule has 1 aliphatic rings. The Bertz CT molecular complexity index is 916. The van der Waals surface area contributed by atoms with Crippen LogP contribution in [0.4, 0.5) is 20.2 Å². The third-order valence-electron chi connectivity index (χ3n) is 5.77. The largest absolute Gasteiger partial charge is 0.355 e. The van der Waals surface area contributed by atoms with E-state index in [-0.39, 0.29) is 24.7 Å². The Hall–Kier alpha value is -2.76. The predicted octanol–water partition coefficient (Wildman–Crippen LogP) is 6.72. The zero-order valence-corrected chi connectivity index (χ0v) is 18.1. The monoisotopic (exact) mass is 444 g/mol. The van der Waals surface area contributed by atoms with Crippen molar-refractivity contribution in [2.45, 2.75) is 72.3 Å². The molecular weight excluding hydrogens is 410 g/mol. The van der Waals surface area contributed by atoms with Crippen LogP contribution in [-0.4, -0.2) is 11.7 Å². The molecule has 6 heteroatoms. The van der Waals surface area contributed by atoms with E-state index in [0.717, 1.165) is 38.2 Å². The van der Waals surface area contributed by atoms with Crippen molar-refractivity contribution < 1.29 is 18.4 Å². The lowest BCUT2D eigenvalue weighted by Gasteiger charge is -2.17. The highest BCUT2D eigenvalue weighted by Crippen LogP contribution is 2.49. The summed E-state index contributed by atoms with van der Waals surface area (Å²) in [6.07, 6.45) is 4.26. The van der Waals surface area contributed by atoms with Gasteiger partial charge in [0.2, 0.25) is 5.91 Å². The highest BCUT2D eigenvalue weighted by molar-refractivity contribution is 5.91. The maximum atomic E-state index is 13.8. The van der Waals surface area contributed by atoms with Gasteiger partial charge in [-0.1, -0.05) is 51.1 Å². The van der Waals surface area contributed by atoms with Crippen LogP contribution < -0.4 is 10.6 Å². The molecule has 0 radical (unpaired) electrons. The van der Waals surface area contributed by atoms with Gasteiger partial charge < -0.3 is 10.6 Å². The summed E-state index contributed by atoms with van der Waals surface area (Å²) in [5.74, 6) is -2.83. The molecule has 1 saturated carbocycles. The number of para-hydroxylation sites is 1. The third kappa shape index (κ3) is 6.62. The van der Waals surface area contributed by atoms with Gasteiger partial charge in [0, 0.05) is 43.2 Å². The Balaban J connectivity index is 0.00000363. The van der Waals surface area contributed by atoms with E-state index in [4.69, 9.17) is 0 Å². The van der Waals surface area contributed by atoms with Gasteiger partial charge in [0.25, 0.3) is 5.92 Å². The Labute approximate surface area is 189 Å². The van der Waals surface area contributed by atoms with Gasteiger partial charge in [0.1, 0.15) is 5.78 Å². The first kappa shape index (κ1) is 25.5. The maximum absolute atomic E-state index is 13.8. The Morgan fingerprint density at radius 1 is 1.06 bits per heavy atom. The van der Waals surface area contributed by atoms with Gasteiger partial charge >= 0.3 is 0 Å². The number of rotatable bonds is 11. The van der Waals surface area contributed by atoms with Crippen molar-refractivity contribution in [3.05, 3.63) is 59.7 Å². The summed E-state index contributed by atoms with van der Waals surface area (Å²) >= 11 is 0. The number of Topliss-reactive ketones (excluding diaryl/α,β-unsaturated/α-hetero) is 1. The molecule has 0 aromatic heterocycles. The number of halogens is 2. The van der Waals surface area contributed by atoms with Crippen LogP contribution in [0.1, 0.15) is 70.9 Å². The van der Waals surface area contributed by atoms with Crippen LogP contribution in [0.15, 0.2) is 48.5 Å². The molecule has 0 heterocycles. The van der Waals surface area contributed by atoms with Gasteiger partial charge in [0.05, 0.1) is 5.41 Å². The molecule has 1 amide bonds. The average molecular weight is 445 g/mol. The predicted molar refractivity (Wildman–Crippen MR) is 125 cm³/mol. The van der Waals surface area contributed by atoms with Crippen molar-refractivity contribution in [2.24, 2.45) is 5.41 Å². The number of carbonyl (C=O) groups is 2. The van der Waals surface area contributed by atoms with Crippen LogP contribution in [0.2, 0.25) is 0 Å². The molecule has 0 spiro atoms. The third-order valence-corrected chi connectivity index (χ3v) is 5.77. The fourth-order valence-electron chi connectivity index (χ4n) is 3.68. The molecule has 4 nitrogen and oxygen atoms in total. The highest BCUT2D eigenvalue weighted by Gasteiger charge is 2.50. The number of nitrogens with one attached hydrogen (secondary N) is 2. The van der Waals surface area contributed by atoms with Crippen molar-refractivity contribution in [2.75, 3.05) is 5.32 Å². The molecule has 0 saturated heterocycles. The van der Waals surface area contributed by atoms with E-state index in [1.54, 1.807) is 30.3 Å². The molecule has 174 valence electrons. The van der Waals surface area contributed by atoms with E-state index >= 15 is 0 Å². The SMILES string of the molecule is C.CCCCC(=O)CC1(C(=O)NCc2ccc(Nc3ccccc3C(C)(F)F)cc2)CC1. The quantitative estimate of drug-likeness (QED) is 0.404. The van der Waals surface area contributed by atoms with Crippen LogP contribution >= 0.6 is 0 Å². The summed E-state index contributed by atoms with van der Waals surface area (Å²) in [5, 5.41) is 5.99. The smallest absolute Gasteiger partial charge is 0.272 e. The van der Waals surface area contributed by atoms with E-state index in [0.29, 0.717) is 30.8 Å². The van der Waals surface area contributed by atoms with Gasteiger partial charge in [-0.25, -0.2) is 8.78 Å². The Morgan fingerprint density at radius 2 is 1.72 bits per heavy atom. The number of amides is 1. The zero-order valence-electron chi connectivity index (χ0n) is 18.1. The zero-order chi connectivity index (χ0) is 22.5. The standard InChI is InChI=1S/C25H30F2N2O2.CH4/c1-3-4-7-20(30)16-25(14-15-25)23(31)28-17-18-10-12-19(13-11-18)29-22-9-6-5-8-21(22)24(2,26)27;/h5-6,8-13,29H,3-4,7,14-17H2,1-2H3,(H,28,31);1H4. The number of carbonyl (C=O) groups excluding carboxylic acids is 2. The topological polar surface area (TPSA) is 58.2 Å². The first-order chi connectivity index (χ1) is 14.7. The molecule has 2 N–H and O–H groups in total. The molecule has 2 aromatic rings. The molecule has 0 unspecified atom stereocenters.